The van der Waals surface area contributed by atoms with Crippen LogP contribution in [0.3, 0.4) is 0 Å². The highest BCUT2D eigenvalue weighted by Gasteiger charge is 2.22. The van der Waals surface area contributed by atoms with Gasteiger partial charge in [-0.05, 0) is 43.9 Å². The third kappa shape index (κ3) is 6.82. The molecule has 3 N–H and O–H groups in total. The second-order valence-electron chi connectivity index (χ2n) is 6.26. The fraction of sp³-hybridized carbons (Fsp3) is 0.579. The van der Waals surface area contributed by atoms with Gasteiger partial charge in [0.25, 0.3) is 0 Å². The number of benzene rings is 1. The van der Waals surface area contributed by atoms with Gasteiger partial charge in [0.15, 0.2) is 17.5 Å². The summed E-state index contributed by atoms with van der Waals surface area (Å²) < 4.78 is 10.6. The van der Waals surface area contributed by atoms with Crippen LogP contribution in [0.4, 0.5) is 0 Å². The highest BCUT2D eigenvalue weighted by atomic mass is 16.5. The molecule has 1 saturated carbocycles. The first-order valence-corrected chi connectivity index (χ1v) is 9.18. The van der Waals surface area contributed by atoms with Gasteiger partial charge in [0.05, 0.1) is 20.8 Å². The lowest BCUT2D eigenvalue weighted by molar-refractivity contribution is -0.121. The van der Waals surface area contributed by atoms with Crippen molar-refractivity contribution in [1.29, 1.82) is 0 Å². The molecular weight excluding hydrogens is 332 g/mol. The molecule has 0 unspecified atom stereocenters. The van der Waals surface area contributed by atoms with E-state index >= 15 is 0 Å². The van der Waals surface area contributed by atoms with Crippen LogP contribution in [0.15, 0.2) is 23.2 Å². The van der Waals surface area contributed by atoms with E-state index in [2.05, 4.69) is 20.9 Å². The van der Waals surface area contributed by atoms with Crippen LogP contribution >= 0.6 is 0 Å². The van der Waals surface area contributed by atoms with Gasteiger partial charge in [-0.15, -0.1) is 0 Å². The molecule has 2 rings (SSSR count). The molecule has 1 amide bonds. The van der Waals surface area contributed by atoms with Crippen molar-refractivity contribution in [1.82, 2.24) is 16.0 Å². The predicted molar refractivity (Wildman–Crippen MR) is 103 cm³/mol. The smallest absolute Gasteiger partial charge is 0.220 e. The highest BCUT2D eigenvalue weighted by molar-refractivity contribution is 5.80. The third-order valence-electron chi connectivity index (χ3n) is 4.03. The number of rotatable bonds is 10. The number of carbonyl (C=O) groups excluding carboxylic acids is 1. The fourth-order valence-electron chi connectivity index (χ4n) is 2.47. The Bertz CT molecular complexity index is 615. The number of hydrogen-bond acceptors (Lipinski definition) is 4. The monoisotopic (exact) mass is 362 g/mol. The van der Waals surface area contributed by atoms with E-state index < -0.39 is 0 Å². The van der Waals surface area contributed by atoms with E-state index in [0.29, 0.717) is 37.1 Å². The van der Waals surface area contributed by atoms with Crippen molar-refractivity contribution in [3.63, 3.8) is 0 Å². The largest absolute Gasteiger partial charge is 0.493 e. The maximum Gasteiger partial charge on any atom is 0.220 e. The van der Waals surface area contributed by atoms with E-state index in [9.17, 15) is 4.79 Å². The summed E-state index contributed by atoms with van der Waals surface area (Å²) in [4.78, 5) is 16.3. The van der Waals surface area contributed by atoms with Gasteiger partial charge < -0.3 is 25.4 Å². The van der Waals surface area contributed by atoms with Gasteiger partial charge in [0, 0.05) is 25.6 Å². The summed E-state index contributed by atoms with van der Waals surface area (Å²) in [6.45, 7) is 4.03. The molecule has 0 aromatic heterocycles. The lowest BCUT2D eigenvalue weighted by Gasteiger charge is -2.12. The zero-order valence-corrected chi connectivity index (χ0v) is 15.9. The Morgan fingerprint density at radius 3 is 2.62 bits per heavy atom. The lowest BCUT2D eigenvalue weighted by Crippen LogP contribution is -2.38. The molecule has 26 heavy (non-hydrogen) atoms. The van der Waals surface area contributed by atoms with E-state index in [1.807, 2.05) is 25.1 Å². The number of carbonyl (C=O) groups is 1. The molecule has 144 valence electrons. The third-order valence-corrected chi connectivity index (χ3v) is 4.03. The number of amides is 1. The van der Waals surface area contributed by atoms with Gasteiger partial charge in [0.2, 0.25) is 5.91 Å². The quantitative estimate of drug-likeness (QED) is 0.336. The van der Waals surface area contributed by atoms with Gasteiger partial charge in [-0.25, -0.2) is 4.99 Å². The summed E-state index contributed by atoms with van der Waals surface area (Å²) in [6, 6.07) is 6.20. The maximum atomic E-state index is 11.7. The molecule has 7 nitrogen and oxygen atoms in total. The topological polar surface area (TPSA) is 84.0 Å². The first kappa shape index (κ1) is 19.9. The molecular formula is C19H30N4O3. The Kier molecular flexibility index (Phi) is 8.05. The van der Waals surface area contributed by atoms with E-state index in [0.717, 1.165) is 37.3 Å². The number of ether oxygens (including phenoxy) is 2. The van der Waals surface area contributed by atoms with Crippen LogP contribution in [-0.2, 0) is 11.3 Å². The number of nitrogens with zero attached hydrogens (tertiary/aromatic N) is 1. The molecule has 7 heteroatoms. The van der Waals surface area contributed by atoms with Crippen molar-refractivity contribution < 1.29 is 14.3 Å². The minimum atomic E-state index is 0.140. The van der Waals surface area contributed by atoms with Crippen molar-refractivity contribution in [2.75, 3.05) is 27.3 Å². The van der Waals surface area contributed by atoms with Crippen molar-refractivity contribution in [2.24, 2.45) is 4.99 Å². The van der Waals surface area contributed by atoms with Crippen LogP contribution in [0, 0.1) is 0 Å². The summed E-state index contributed by atoms with van der Waals surface area (Å²) in [6.07, 6.45) is 3.56. The molecule has 0 heterocycles. The summed E-state index contributed by atoms with van der Waals surface area (Å²) in [5, 5.41) is 9.49. The fourth-order valence-corrected chi connectivity index (χ4v) is 2.47. The molecule has 1 aromatic rings. The van der Waals surface area contributed by atoms with Crippen molar-refractivity contribution in [3.05, 3.63) is 23.8 Å². The Labute approximate surface area is 155 Å². The van der Waals surface area contributed by atoms with E-state index in [1.54, 1.807) is 14.2 Å². The van der Waals surface area contributed by atoms with Crippen LogP contribution < -0.4 is 25.4 Å². The van der Waals surface area contributed by atoms with Crippen LogP contribution in [0.25, 0.3) is 0 Å². The average Bonchev–Trinajstić information content (AvgIpc) is 3.46. The van der Waals surface area contributed by atoms with Crippen LogP contribution in [-0.4, -0.2) is 45.2 Å². The number of methoxy groups -OCH3 is 2. The van der Waals surface area contributed by atoms with Gasteiger partial charge in [0.1, 0.15) is 0 Å². The Hall–Kier alpha value is -2.44. The second-order valence-corrected chi connectivity index (χ2v) is 6.26. The lowest BCUT2D eigenvalue weighted by atomic mass is 10.2. The van der Waals surface area contributed by atoms with E-state index in [1.165, 1.54) is 0 Å². The van der Waals surface area contributed by atoms with Crippen molar-refractivity contribution >= 4 is 11.9 Å². The predicted octanol–water partition coefficient (Wildman–Crippen LogP) is 1.82. The Morgan fingerprint density at radius 1 is 1.19 bits per heavy atom. The van der Waals surface area contributed by atoms with Gasteiger partial charge in [-0.2, -0.15) is 0 Å². The first-order valence-electron chi connectivity index (χ1n) is 9.18. The second kappa shape index (κ2) is 10.5. The Morgan fingerprint density at radius 2 is 1.96 bits per heavy atom. The van der Waals surface area contributed by atoms with Crippen molar-refractivity contribution in [2.45, 2.75) is 45.2 Å². The summed E-state index contributed by atoms with van der Waals surface area (Å²) in [7, 11) is 3.24. The molecule has 1 aliphatic rings. The number of hydrogen-bond donors (Lipinski definition) is 3. The Balaban J connectivity index is 1.80. The molecule has 1 aliphatic carbocycles. The number of aliphatic imine (C=N–C) groups is 1. The summed E-state index contributed by atoms with van der Waals surface area (Å²) in [5.74, 6) is 2.28. The molecule has 0 atom stereocenters. The molecule has 0 saturated heterocycles. The van der Waals surface area contributed by atoms with E-state index in [4.69, 9.17) is 9.47 Å². The number of guanidine groups is 1. The molecule has 1 aromatic carbocycles. The molecule has 1 fully saturated rings. The van der Waals surface area contributed by atoms with Crippen LogP contribution in [0.1, 0.15) is 38.2 Å². The maximum absolute atomic E-state index is 11.7. The van der Waals surface area contributed by atoms with E-state index in [-0.39, 0.29) is 5.91 Å². The molecule has 0 spiro atoms. The summed E-state index contributed by atoms with van der Waals surface area (Å²) in [5.41, 5.74) is 1.03. The van der Waals surface area contributed by atoms with Crippen molar-refractivity contribution in [3.8, 4) is 11.5 Å². The minimum Gasteiger partial charge on any atom is -0.493 e. The first-order chi connectivity index (χ1) is 12.7. The van der Waals surface area contributed by atoms with Gasteiger partial charge >= 0.3 is 0 Å². The van der Waals surface area contributed by atoms with Gasteiger partial charge in [-0.1, -0.05) is 6.07 Å². The highest BCUT2D eigenvalue weighted by Crippen LogP contribution is 2.27. The van der Waals surface area contributed by atoms with Crippen LogP contribution in [0.5, 0.6) is 11.5 Å². The number of nitrogens with one attached hydrogen (secondary N) is 3. The van der Waals surface area contributed by atoms with Crippen LogP contribution in [0.2, 0.25) is 0 Å². The SMILES string of the molecule is CCNC(=NCc1ccc(OC)c(OC)c1)NCCCC(=O)NC1CC1. The minimum absolute atomic E-state index is 0.140. The zero-order chi connectivity index (χ0) is 18.8. The summed E-state index contributed by atoms with van der Waals surface area (Å²) >= 11 is 0. The zero-order valence-electron chi connectivity index (χ0n) is 15.9. The normalized spacial score (nSPS) is 13.9. The van der Waals surface area contributed by atoms with Gasteiger partial charge in [-0.3, -0.25) is 4.79 Å². The average molecular weight is 362 g/mol. The molecule has 0 aliphatic heterocycles. The molecule has 0 bridgehead atoms. The standard InChI is InChI=1S/C19H30N4O3/c1-4-20-19(21-11-5-6-18(24)23-15-8-9-15)22-13-14-7-10-16(25-2)17(12-14)26-3/h7,10,12,15H,4-6,8-9,11,13H2,1-3H3,(H,23,24)(H2,20,21,22). The molecule has 0 radical (unpaired) electrons.